The molecular formula is C120H80N12. The van der Waals surface area contributed by atoms with Gasteiger partial charge in [-0.25, -0.2) is 44.9 Å². The Morgan fingerprint density at radius 1 is 0.159 bits per heavy atom. The Hall–Kier alpha value is -17.7. The summed E-state index contributed by atoms with van der Waals surface area (Å²) in [5.74, 6) is 5.83. The maximum atomic E-state index is 5.08. The number of rotatable bonds is 13. The summed E-state index contributed by atoms with van der Waals surface area (Å²) in [5, 5.41) is 17.5. The number of nitrogens with zero attached hydrogens (tertiary/aromatic N) is 12. The molecule has 0 atom stereocenters. The molecule has 0 amide bonds. The normalized spacial score (nSPS) is 11.4. The van der Waals surface area contributed by atoms with Crippen molar-refractivity contribution in [1.29, 1.82) is 0 Å². The third kappa shape index (κ3) is 15.0. The van der Waals surface area contributed by atoms with Crippen LogP contribution >= 0.6 is 0 Å². The molecule has 25 aromatic rings. The van der Waals surface area contributed by atoms with Crippen LogP contribution in [0.25, 0.3) is 234 Å². The molecular weight excluding hydrogens is 1610 g/mol. The van der Waals surface area contributed by atoms with Crippen LogP contribution in [0, 0.1) is 13.8 Å². The van der Waals surface area contributed by atoms with Gasteiger partial charge >= 0.3 is 0 Å². The molecule has 620 valence electrons. The Balaban J connectivity index is 0.000000112. The van der Waals surface area contributed by atoms with Crippen LogP contribution in [0.4, 0.5) is 0 Å². The summed E-state index contributed by atoms with van der Waals surface area (Å²) in [6.07, 6.45) is 0. The average molecular weight is 1690 g/mol. The number of para-hydroxylation sites is 1. The fraction of sp³-hybridized carbons (Fsp3) is 0.0167. The minimum atomic E-state index is 0.624. The Morgan fingerprint density at radius 2 is 0.439 bits per heavy atom. The van der Waals surface area contributed by atoms with E-state index in [0.717, 1.165) is 95.1 Å². The van der Waals surface area contributed by atoms with Crippen LogP contribution < -0.4 is 0 Å². The molecule has 25 rings (SSSR count). The van der Waals surface area contributed by atoms with Crippen molar-refractivity contribution in [3.05, 3.63) is 460 Å². The molecule has 6 aromatic heterocycles. The van der Waals surface area contributed by atoms with Crippen LogP contribution in [0.5, 0.6) is 0 Å². The zero-order chi connectivity index (χ0) is 88.0. The first-order valence-electron chi connectivity index (χ1n) is 44.3. The van der Waals surface area contributed by atoms with Crippen LogP contribution in [0.1, 0.15) is 11.4 Å². The molecule has 132 heavy (non-hydrogen) atoms. The molecule has 0 aliphatic carbocycles. The highest BCUT2D eigenvalue weighted by molar-refractivity contribution is 6.29. The average Bonchev–Trinajstić information content (AvgIpc) is 1.55. The van der Waals surface area contributed by atoms with Crippen molar-refractivity contribution in [2.45, 2.75) is 13.8 Å². The van der Waals surface area contributed by atoms with Crippen molar-refractivity contribution in [1.82, 2.24) is 59.0 Å². The van der Waals surface area contributed by atoms with E-state index in [4.69, 9.17) is 49.8 Å². The Kier molecular flexibility index (Phi) is 20.5. The molecule has 0 bridgehead atoms. The number of fused-ring (bicyclic) bond motifs is 15. The van der Waals surface area contributed by atoms with Crippen molar-refractivity contribution in [3.63, 3.8) is 0 Å². The van der Waals surface area contributed by atoms with E-state index in [1.54, 1.807) is 0 Å². The van der Waals surface area contributed by atoms with E-state index < -0.39 is 0 Å². The van der Waals surface area contributed by atoms with Crippen molar-refractivity contribution in [2.75, 3.05) is 0 Å². The molecule has 0 spiro atoms. The highest BCUT2D eigenvalue weighted by Gasteiger charge is 2.24. The summed E-state index contributed by atoms with van der Waals surface area (Å²) < 4.78 is 4.73. The lowest BCUT2D eigenvalue weighted by Gasteiger charge is -2.15. The van der Waals surface area contributed by atoms with Crippen LogP contribution in [-0.4, -0.2) is 59.0 Å². The van der Waals surface area contributed by atoms with E-state index in [1.807, 2.05) is 189 Å². The molecule has 0 N–H and O–H groups in total. The monoisotopic (exact) mass is 1690 g/mol. The molecule has 0 aliphatic heterocycles. The Labute approximate surface area is 761 Å². The molecule has 0 saturated heterocycles. The SMILES string of the molecule is Cc1ccc(-c2cc(-c3nc(-c4ccccc4)nc(-c4ccccc4)n3)cc(-c3cc4ccccc4c4ccccc34)c2)c(C)n1.c1ccc(-c2nc(-c3ccccc3)nc(-c3ccc(-n4c5ccc6ccccc6c5c5c6ccccc6ccc54)cc3)n2)cc1.c1ccc(-c2nc(-c3ccccc3)nc(-c3ccc(-n4c5ccccc5c5c6ccccc6ccc54)cc3)n2)cc1. The third-order valence-electron chi connectivity index (χ3n) is 24.8. The second-order valence-electron chi connectivity index (χ2n) is 33.0. The molecule has 12 nitrogen and oxygen atoms in total. The van der Waals surface area contributed by atoms with Gasteiger partial charge in [0.05, 0.1) is 22.1 Å². The van der Waals surface area contributed by atoms with Crippen LogP contribution in [0.2, 0.25) is 0 Å². The number of hydrogen-bond donors (Lipinski definition) is 0. The summed E-state index contributed by atoms with van der Waals surface area (Å²) >= 11 is 0. The quantitative estimate of drug-likeness (QED) is 0.103. The minimum Gasteiger partial charge on any atom is -0.309 e. The van der Waals surface area contributed by atoms with E-state index in [0.29, 0.717) is 52.4 Å². The van der Waals surface area contributed by atoms with Gasteiger partial charge in [-0.1, -0.05) is 346 Å². The largest absolute Gasteiger partial charge is 0.309 e. The molecule has 0 radical (unpaired) electrons. The Bertz CT molecular complexity index is 8430. The lowest BCUT2D eigenvalue weighted by atomic mass is 9.90. The van der Waals surface area contributed by atoms with Gasteiger partial charge in [0.1, 0.15) is 0 Å². The standard InChI is InChI=1S/C42H30N4.C41H26N4.C37H24N4/c1-27-21-22-35(28(2)43-27)32-23-33(39-26-31-17-9-10-18-36(31)37-19-11-12-20-38(37)39)25-34(24-32)42-45-40(29-13-5-3-6-14-29)44-41(46-42)30-15-7-4-8-16-30;1-3-13-29(14-4-1)39-42-40(30-15-5-2-6-16-30)44-41(43-39)31-19-23-32(24-20-31)45-35-25-21-27-11-7-9-17-33(27)37(35)38-34-18-10-8-12-28(34)22-26-36(38)45;1-3-12-26(13-4-1)35-38-36(27-14-5-2-6-15-27)40-37(39-35)28-19-22-29(23-20-28)41-32-18-10-9-17-31(32)34-30-16-8-7-11-25(30)21-24-33(34)41/h3-26H,1-2H3;1-26H;1-24H. The molecule has 12 heteroatoms. The molecule has 0 unspecified atom stereocenters. The highest BCUT2D eigenvalue weighted by atomic mass is 15.1. The van der Waals surface area contributed by atoms with Gasteiger partial charge in [0.2, 0.25) is 0 Å². The van der Waals surface area contributed by atoms with Gasteiger partial charge in [-0.05, 0) is 188 Å². The van der Waals surface area contributed by atoms with Crippen LogP contribution in [0.3, 0.4) is 0 Å². The van der Waals surface area contributed by atoms with Gasteiger partial charge in [0.15, 0.2) is 52.4 Å². The maximum Gasteiger partial charge on any atom is 0.164 e. The lowest BCUT2D eigenvalue weighted by Crippen LogP contribution is -2.01. The smallest absolute Gasteiger partial charge is 0.164 e. The summed E-state index contributed by atoms with van der Waals surface area (Å²) in [6.45, 7) is 4.10. The summed E-state index contributed by atoms with van der Waals surface area (Å²) in [4.78, 5) is 49.2. The summed E-state index contributed by atoms with van der Waals surface area (Å²) in [6, 6.07) is 156. The topological polar surface area (TPSA) is 139 Å². The van der Waals surface area contributed by atoms with Gasteiger partial charge in [0, 0.05) is 99.9 Å². The molecule has 0 fully saturated rings. The third-order valence-corrected chi connectivity index (χ3v) is 24.8. The van der Waals surface area contributed by atoms with Gasteiger partial charge in [-0.3, -0.25) is 4.98 Å². The fourth-order valence-electron chi connectivity index (χ4n) is 18.5. The zero-order valence-corrected chi connectivity index (χ0v) is 72.1. The van der Waals surface area contributed by atoms with E-state index in [2.05, 4.69) is 283 Å². The first-order valence-corrected chi connectivity index (χ1v) is 44.3. The van der Waals surface area contributed by atoms with E-state index in [1.165, 1.54) is 97.5 Å². The zero-order valence-electron chi connectivity index (χ0n) is 72.1. The summed E-state index contributed by atoms with van der Waals surface area (Å²) in [7, 11) is 0. The van der Waals surface area contributed by atoms with Crippen molar-refractivity contribution >= 4 is 97.5 Å². The van der Waals surface area contributed by atoms with Gasteiger partial charge in [0.25, 0.3) is 0 Å². The van der Waals surface area contributed by atoms with Crippen LogP contribution in [-0.2, 0) is 0 Å². The fourth-order valence-corrected chi connectivity index (χ4v) is 18.5. The van der Waals surface area contributed by atoms with Crippen molar-refractivity contribution in [2.24, 2.45) is 0 Å². The predicted molar refractivity (Wildman–Crippen MR) is 543 cm³/mol. The Morgan fingerprint density at radius 3 is 0.826 bits per heavy atom. The van der Waals surface area contributed by atoms with Gasteiger partial charge < -0.3 is 9.13 Å². The number of aryl methyl sites for hydroxylation is 2. The van der Waals surface area contributed by atoms with Crippen molar-refractivity contribution in [3.8, 4) is 136 Å². The molecule has 19 aromatic carbocycles. The molecule has 6 heterocycles. The first kappa shape index (κ1) is 78.9. The summed E-state index contributed by atoms with van der Waals surface area (Å²) in [5.41, 5.74) is 21.8. The number of hydrogen-bond acceptors (Lipinski definition) is 10. The predicted octanol–water partition coefficient (Wildman–Crippen LogP) is 29.9. The maximum absolute atomic E-state index is 5.08. The molecule has 0 aliphatic rings. The minimum absolute atomic E-state index is 0.624. The highest BCUT2D eigenvalue weighted by Crippen LogP contribution is 2.45. The van der Waals surface area contributed by atoms with Gasteiger partial charge in [-0.2, -0.15) is 0 Å². The number of benzene rings is 19. The molecule has 0 saturated carbocycles. The lowest BCUT2D eigenvalue weighted by molar-refractivity contribution is 1.07. The van der Waals surface area contributed by atoms with Crippen LogP contribution in [0.15, 0.2) is 449 Å². The second-order valence-corrected chi connectivity index (χ2v) is 33.0. The van der Waals surface area contributed by atoms with Crippen molar-refractivity contribution < 1.29 is 0 Å². The van der Waals surface area contributed by atoms with E-state index in [-0.39, 0.29) is 0 Å². The first-order chi connectivity index (χ1) is 65.2. The van der Waals surface area contributed by atoms with Gasteiger partial charge in [-0.15, -0.1) is 0 Å². The van der Waals surface area contributed by atoms with E-state index >= 15 is 0 Å². The second kappa shape index (κ2) is 34.2. The van der Waals surface area contributed by atoms with E-state index in [9.17, 15) is 0 Å². The number of pyridine rings is 1. The number of aromatic nitrogens is 12.